The molecule has 164 valence electrons. The Morgan fingerprint density at radius 3 is 2.43 bits per heavy atom. The topological polar surface area (TPSA) is 55.9 Å². The Morgan fingerprint density at radius 2 is 1.77 bits per heavy atom. The fraction of sp³-hybridized carbons (Fsp3) is 0.652. The summed E-state index contributed by atoms with van der Waals surface area (Å²) in [6.45, 7) is 5.44. The molecule has 0 bridgehead atoms. The quantitative estimate of drug-likeness (QED) is 0.777. The average molecular weight is 433 g/mol. The fourth-order valence-electron chi connectivity index (χ4n) is 5.25. The van der Waals surface area contributed by atoms with Crippen molar-refractivity contribution in [1.29, 1.82) is 0 Å². The third-order valence-electron chi connectivity index (χ3n) is 7.18. The van der Waals surface area contributed by atoms with Gasteiger partial charge in [-0.3, -0.25) is 14.5 Å². The van der Waals surface area contributed by atoms with Crippen molar-refractivity contribution in [3.05, 3.63) is 29.3 Å². The molecule has 1 aromatic carbocycles. The molecule has 0 radical (unpaired) electrons. The van der Waals surface area contributed by atoms with Gasteiger partial charge in [-0.05, 0) is 44.2 Å². The van der Waals surface area contributed by atoms with Gasteiger partial charge in [0.15, 0.2) is 0 Å². The number of carbonyl (C=O) groups is 2. The highest BCUT2D eigenvalue weighted by Gasteiger charge is 2.41. The van der Waals surface area contributed by atoms with Crippen LogP contribution in [0.5, 0.6) is 0 Å². The number of nitrogens with one attached hydrogen (secondary N) is 1. The predicted molar refractivity (Wildman–Crippen MR) is 120 cm³/mol. The van der Waals surface area contributed by atoms with Crippen LogP contribution in [0.2, 0.25) is 5.02 Å². The maximum atomic E-state index is 13.0. The van der Waals surface area contributed by atoms with Crippen molar-refractivity contribution in [1.82, 2.24) is 15.1 Å². The first-order valence-corrected chi connectivity index (χ1v) is 11.6. The summed E-state index contributed by atoms with van der Waals surface area (Å²) >= 11 is 5.96. The lowest BCUT2D eigenvalue weighted by atomic mass is 9.79. The highest BCUT2D eigenvalue weighted by molar-refractivity contribution is 6.30. The normalized spacial score (nSPS) is 25.5. The number of anilines is 1. The molecule has 30 heavy (non-hydrogen) atoms. The Balaban J connectivity index is 1.38. The largest absolute Gasteiger partial charge is 0.354 e. The number of nitrogens with zero attached hydrogens (tertiary/aromatic N) is 3. The summed E-state index contributed by atoms with van der Waals surface area (Å²) in [6, 6.07) is 7.23. The molecule has 2 amide bonds. The Hall–Kier alpha value is -1.63. The van der Waals surface area contributed by atoms with Crippen molar-refractivity contribution >= 4 is 29.1 Å². The second-order valence-electron chi connectivity index (χ2n) is 9.17. The van der Waals surface area contributed by atoms with Gasteiger partial charge in [0.25, 0.3) is 0 Å². The Morgan fingerprint density at radius 1 is 1.10 bits per heavy atom. The summed E-state index contributed by atoms with van der Waals surface area (Å²) in [7, 11) is 2.18. The predicted octanol–water partition coefficient (Wildman–Crippen LogP) is 2.76. The number of hydrogen-bond donors (Lipinski definition) is 1. The van der Waals surface area contributed by atoms with Crippen LogP contribution < -0.4 is 10.2 Å². The minimum atomic E-state index is -0.290. The lowest BCUT2D eigenvalue weighted by Gasteiger charge is -2.49. The van der Waals surface area contributed by atoms with E-state index in [4.69, 9.17) is 11.6 Å². The zero-order valence-corrected chi connectivity index (χ0v) is 18.7. The van der Waals surface area contributed by atoms with Crippen LogP contribution in [0, 0.1) is 5.92 Å². The van der Waals surface area contributed by atoms with Crippen LogP contribution in [0.25, 0.3) is 0 Å². The summed E-state index contributed by atoms with van der Waals surface area (Å²) in [5.41, 5.74) is 0.883. The monoisotopic (exact) mass is 432 g/mol. The van der Waals surface area contributed by atoms with Gasteiger partial charge in [-0.1, -0.05) is 30.9 Å². The van der Waals surface area contributed by atoms with Crippen molar-refractivity contribution < 1.29 is 9.59 Å². The summed E-state index contributed by atoms with van der Waals surface area (Å²) in [6.07, 6.45) is 6.32. The van der Waals surface area contributed by atoms with Crippen LogP contribution in [0.4, 0.5) is 5.69 Å². The van der Waals surface area contributed by atoms with Gasteiger partial charge in [-0.25, -0.2) is 0 Å². The number of halogens is 1. The summed E-state index contributed by atoms with van der Waals surface area (Å²) in [4.78, 5) is 32.2. The van der Waals surface area contributed by atoms with Crippen molar-refractivity contribution in [3.8, 4) is 0 Å². The third kappa shape index (κ3) is 4.66. The molecule has 0 aromatic heterocycles. The third-order valence-corrected chi connectivity index (χ3v) is 7.44. The van der Waals surface area contributed by atoms with E-state index in [0.717, 1.165) is 44.7 Å². The van der Waals surface area contributed by atoms with Gasteiger partial charge in [0, 0.05) is 61.9 Å². The van der Waals surface area contributed by atoms with Crippen LogP contribution in [0.3, 0.4) is 0 Å². The number of hydrogen-bond acceptors (Lipinski definition) is 4. The van der Waals surface area contributed by atoms with E-state index in [-0.39, 0.29) is 29.7 Å². The summed E-state index contributed by atoms with van der Waals surface area (Å²) in [5.74, 6) is -0.274. The van der Waals surface area contributed by atoms with Crippen molar-refractivity contribution in [2.75, 3.05) is 51.2 Å². The number of rotatable bonds is 5. The average Bonchev–Trinajstić information content (AvgIpc) is 3.15. The molecule has 1 N–H and O–H groups in total. The van der Waals surface area contributed by atoms with Crippen molar-refractivity contribution in [2.45, 2.75) is 44.1 Å². The van der Waals surface area contributed by atoms with E-state index in [1.54, 1.807) is 17.0 Å². The molecule has 1 aromatic rings. The van der Waals surface area contributed by atoms with Gasteiger partial charge in [-0.2, -0.15) is 0 Å². The molecule has 0 spiro atoms. The van der Waals surface area contributed by atoms with E-state index < -0.39 is 0 Å². The molecular weight excluding hydrogens is 400 g/mol. The minimum Gasteiger partial charge on any atom is -0.354 e. The second kappa shape index (κ2) is 9.25. The van der Waals surface area contributed by atoms with Crippen molar-refractivity contribution in [3.63, 3.8) is 0 Å². The summed E-state index contributed by atoms with van der Waals surface area (Å²) < 4.78 is 0. The molecule has 7 heteroatoms. The first-order chi connectivity index (χ1) is 14.5. The van der Waals surface area contributed by atoms with Gasteiger partial charge in [0.1, 0.15) is 0 Å². The molecule has 1 atom stereocenters. The number of benzene rings is 1. The molecule has 1 aliphatic carbocycles. The Bertz CT molecular complexity index is 755. The van der Waals surface area contributed by atoms with Gasteiger partial charge in [0.05, 0.1) is 5.92 Å². The van der Waals surface area contributed by atoms with Gasteiger partial charge in [0.2, 0.25) is 11.8 Å². The molecule has 1 saturated carbocycles. The maximum absolute atomic E-state index is 13.0. The van der Waals surface area contributed by atoms with E-state index in [1.807, 2.05) is 12.1 Å². The van der Waals surface area contributed by atoms with Crippen LogP contribution in [0.15, 0.2) is 24.3 Å². The zero-order valence-electron chi connectivity index (χ0n) is 17.9. The molecular formula is C23H33ClN4O2. The molecule has 3 aliphatic rings. The van der Waals surface area contributed by atoms with Crippen molar-refractivity contribution in [2.24, 2.45) is 5.92 Å². The SMILES string of the molecule is CN1CCN(C2(CNC(=O)C3CC(=O)N(c4ccc(Cl)cc4)C3)CCCCC2)CC1. The van der Waals surface area contributed by atoms with Crippen LogP contribution in [-0.4, -0.2) is 73.5 Å². The highest BCUT2D eigenvalue weighted by Crippen LogP contribution is 2.34. The number of likely N-dealkylation sites (N-methyl/N-ethyl adjacent to an activating group) is 1. The number of carbonyl (C=O) groups excluding carboxylic acids is 2. The van der Waals surface area contributed by atoms with E-state index in [9.17, 15) is 9.59 Å². The molecule has 1 unspecified atom stereocenters. The first kappa shape index (κ1) is 21.6. The zero-order chi connectivity index (χ0) is 21.1. The molecule has 4 rings (SSSR count). The smallest absolute Gasteiger partial charge is 0.227 e. The van der Waals surface area contributed by atoms with E-state index in [2.05, 4.69) is 22.2 Å². The molecule has 2 saturated heterocycles. The van der Waals surface area contributed by atoms with Gasteiger partial charge >= 0.3 is 0 Å². The second-order valence-corrected chi connectivity index (χ2v) is 9.61. The molecule has 3 fully saturated rings. The van der Waals surface area contributed by atoms with E-state index in [1.165, 1.54) is 19.3 Å². The number of amides is 2. The minimum absolute atomic E-state index is 0.00363. The first-order valence-electron chi connectivity index (χ1n) is 11.2. The lowest BCUT2D eigenvalue weighted by molar-refractivity contribution is -0.127. The Kier molecular flexibility index (Phi) is 6.66. The van der Waals surface area contributed by atoms with E-state index in [0.29, 0.717) is 18.1 Å². The standard InChI is InChI=1S/C23H33ClN4O2/c1-26-11-13-27(14-12-26)23(9-3-2-4-10-23)17-25-22(30)18-15-21(29)28(16-18)20-7-5-19(24)6-8-20/h5-8,18H,2-4,9-17H2,1H3,(H,25,30). The number of piperazine rings is 1. The van der Waals surface area contributed by atoms with Gasteiger partial charge < -0.3 is 15.1 Å². The molecule has 6 nitrogen and oxygen atoms in total. The summed E-state index contributed by atoms with van der Waals surface area (Å²) in [5, 5.41) is 3.89. The van der Waals surface area contributed by atoms with Crippen LogP contribution in [0.1, 0.15) is 38.5 Å². The highest BCUT2D eigenvalue weighted by atomic mass is 35.5. The maximum Gasteiger partial charge on any atom is 0.227 e. The van der Waals surface area contributed by atoms with E-state index >= 15 is 0 Å². The van der Waals surface area contributed by atoms with Gasteiger partial charge in [-0.15, -0.1) is 0 Å². The molecule has 2 aliphatic heterocycles. The lowest BCUT2D eigenvalue weighted by Crippen LogP contribution is -2.61. The van der Waals surface area contributed by atoms with Crippen LogP contribution >= 0.6 is 11.6 Å². The molecule has 2 heterocycles. The van der Waals surface area contributed by atoms with Crippen LogP contribution in [-0.2, 0) is 9.59 Å². The Labute approximate surface area is 184 Å². The fourth-order valence-corrected chi connectivity index (χ4v) is 5.37.